The molecular formula is C21H24ClNO5S. The standard InChI is InChI=1S/C21H24ClNO5S/c1-3-14-16-11-17(29-10-9-27-18(24)4-2)19(23(16)20(14)25)21(26)28-12-13-7-5-6-8-15(13)22/h5-8,14,16H,3-4,9-12H2,1-2H3. The largest absolute Gasteiger partial charge is 0.465 e. The van der Waals surface area contributed by atoms with E-state index in [1.54, 1.807) is 24.0 Å². The Morgan fingerprint density at radius 3 is 2.69 bits per heavy atom. The van der Waals surface area contributed by atoms with Crippen molar-refractivity contribution < 1.29 is 23.9 Å². The number of halogens is 1. The lowest BCUT2D eigenvalue weighted by Crippen LogP contribution is -2.58. The van der Waals surface area contributed by atoms with Gasteiger partial charge in [-0.25, -0.2) is 4.79 Å². The molecule has 6 nitrogen and oxygen atoms in total. The first-order chi connectivity index (χ1) is 14.0. The molecule has 29 heavy (non-hydrogen) atoms. The maximum absolute atomic E-state index is 12.8. The Morgan fingerprint density at radius 1 is 1.24 bits per heavy atom. The Bertz CT molecular complexity index is 840. The Labute approximate surface area is 179 Å². The van der Waals surface area contributed by atoms with Crippen LogP contribution in [0.2, 0.25) is 5.02 Å². The summed E-state index contributed by atoms with van der Waals surface area (Å²) in [6, 6.07) is 7.17. The Kier molecular flexibility index (Phi) is 7.24. The third-order valence-corrected chi connectivity index (χ3v) is 6.56. The van der Waals surface area contributed by atoms with Crippen LogP contribution in [0.25, 0.3) is 0 Å². The van der Waals surface area contributed by atoms with E-state index in [9.17, 15) is 14.4 Å². The monoisotopic (exact) mass is 437 g/mol. The lowest BCUT2D eigenvalue weighted by atomic mass is 9.85. The van der Waals surface area contributed by atoms with E-state index in [2.05, 4.69) is 0 Å². The summed E-state index contributed by atoms with van der Waals surface area (Å²) in [6.07, 6.45) is 1.71. The van der Waals surface area contributed by atoms with Crippen LogP contribution in [0.4, 0.5) is 0 Å². The number of esters is 2. The maximum atomic E-state index is 12.8. The van der Waals surface area contributed by atoms with Gasteiger partial charge in [-0.2, -0.15) is 0 Å². The second-order valence-electron chi connectivity index (χ2n) is 6.86. The van der Waals surface area contributed by atoms with Crippen molar-refractivity contribution in [2.75, 3.05) is 12.4 Å². The lowest BCUT2D eigenvalue weighted by molar-refractivity contribution is -0.157. The summed E-state index contributed by atoms with van der Waals surface area (Å²) in [5, 5.41) is 0.525. The first-order valence-corrected chi connectivity index (χ1v) is 11.1. The van der Waals surface area contributed by atoms with Crippen LogP contribution in [0.15, 0.2) is 34.9 Å². The average molecular weight is 438 g/mol. The molecule has 2 aliphatic rings. The smallest absolute Gasteiger partial charge is 0.356 e. The molecule has 0 bridgehead atoms. The zero-order valence-corrected chi connectivity index (χ0v) is 18.1. The number of benzene rings is 1. The molecule has 1 aromatic carbocycles. The van der Waals surface area contributed by atoms with Crippen molar-refractivity contribution in [2.45, 2.75) is 45.8 Å². The number of thioether (sulfide) groups is 1. The van der Waals surface area contributed by atoms with Gasteiger partial charge in [0.05, 0.1) is 12.0 Å². The Hall–Kier alpha value is -1.99. The van der Waals surface area contributed by atoms with Gasteiger partial charge in [-0.15, -0.1) is 11.8 Å². The van der Waals surface area contributed by atoms with Gasteiger partial charge in [0.25, 0.3) is 0 Å². The van der Waals surface area contributed by atoms with E-state index in [1.165, 1.54) is 11.8 Å². The summed E-state index contributed by atoms with van der Waals surface area (Å²) in [7, 11) is 0. The molecule has 3 rings (SSSR count). The first kappa shape index (κ1) is 21.7. The number of rotatable bonds is 9. The summed E-state index contributed by atoms with van der Waals surface area (Å²) < 4.78 is 10.6. The van der Waals surface area contributed by atoms with Gasteiger partial charge in [-0.1, -0.05) is 43.6 Å². The number of hydrogen-bond donors (Lipinski definition) is 0. The summed E-state index contributed by atoms with van der Waals surface area (Å²) in [5.74, 6) is -0.347. The van der Waals surface area contributed by atoms with Gasteiger partial charge in [0.1, 0.15) is 18.9 Å². The normalized spacial score (nSPS) is 20.4. The molecule has 1 aromatic rings. The zero-order chi connectivity index (χ0) is 21.0. The Balaban J connectivity index is 1.69. The molecular weight excluding hydrogens is 414 g/mol. The highest BCUT2D eigenvalue weighted by atomic mass is 35.5. The molecule has 0 aromatic heterocycles. The average Bonchev–Trinajstić information content (AvgIpc) is 3.05. The van der Waals surface area contributed by atoms with E-state index in [1.807, 2.05) is 19.1 Å². The molecule has 0 saturated carbocycles. The van der Waals surface area contributed by atoms with Crippen LogP contribution in [0, 0.1) is 5.92 Å². The van der Waals surface area contributed by atoms with Crippen LogP contribution >= 0.6 is 23.4 Å². The van der Waals surface area contributed by atoms with Crippen molar-refractivity contribution in [1.82, 2.24) is 4.90 Å². The van der Waals surface area contributed by atoms with Crippen molar-refractivity contribution in [3.05, 3.63) is 45.5 Å². The summed E-state index contributed by atoms with van der Waals surface area (Å²) in [5.41, 5.74) is 1.03. The molecule has 2 heterocycles. The third-order valence-electron chi connectivity index (χ3n) is 5.11. The minimum absolute atomic E-state index is 0.0102. The molecule has 2 unspecified atom stereocenters. The second-order valence-corrected chi connectivity index (χ2v) is 8.45. The number of nitrogens with zero attached hydrogens (tertiary/aromatic N) is 1. The molecule has 1 fully saturated rings. The van der Waals surface area contributed by atoms with E-state index in [4.69, 9.17) is 21.1 Å². The van der Waals surface area contributed by atoms with Crippen molar-refractivity contribution in [2.24, 2.45) is 5.92 Å². The molecule has 8 heteroatoms. The molecule has 0 aliphatic carbocycles. The van der Waals surface area contributed by atoms with Crippen LogP contribution in [-0.4, -0.2) is 41.1 Å². The summed E-state index contributed by atoms with van der Waals surface area (Å²) in [4.78, 5) is 39.0. The molecule has 1 amide bonds. The van der Waals surface area contributed by atoms with E-state index in [0.717, 1.165) is 11.3 Å². The van der Waals surface area contributed by atoms with Gasteiger partial charge in [-0.05, 0) is 12.5 Å². The lowest BCUT2D eigenvalue weighted by Gasteiger charge is -2.43. The maximum Gasteiger partial charge on any atom is 0.356 e. The van der Waals surface area contributed by atoms with Crippen LogP contribution in [0.5, 0.6) is 0 Å². The number of ether oxygens (including phenoxy) is 2. The van der Waals surface area contributed by atoms with Crippen molar-refractivity contribution >= 4 is 41.2 Å². The summed E-state index contributed by atoms with van der Waals surface area (Å²) in [6.45, 7) is 4.02. The highest BCUT2D eigenvalue weighted by molar-refractivity contribution is 8.03. The molecule has 0 spiro atoms. The Morgan fingerprint density at radius 2 is 2.00 bits per heavy atom. The van der Waals surface area contributed by atoms with Crippen LogP contribution < -0.4 is 0 Å². The fourth-order valence-corrected chi connectivity index (χ4v) is 4.78. The van der Waals surface area contributed by atoms with Crippen LogP contribution in [0.1, 0.15) is 38.7 Å². The quantitative estimate of drug-likeness (QED) is 0.331. The zero-order valence-electron chi connectivity index (χ0n) is 16.5. The van der Waals surface area contributed by atoms with Crippen molar-refractivity contribution in [3.8, 4) is 0 Å². The predicted molar refractivity (Wildman–Crippen MR) is 111 cm³/mol. The van der Waals surface area contributed by atoms with Gasteiger partial charge in [-0.3, -0.25) is 9.59 Å². The van der Waals surface area contributed by atoms with Gasteiger partial charge < -0.3 is 14.4 Å². The fourth-order valence-electron chi connectivity index (χ4n) is 3.57. The van der Waals surface area contributed by atoms with E-state index in [0.29, 0.717) is 34.9 Å². The van der Waals surface area contributed by atoms with Gasteiger partial charge in [0, 0.05) is 34.1 Å². The minimum atomic E-state index is -0.525. The third kappa shape index (κ3) is 4.61. The SMILES string of the molecule is CCC(=O)OCCSC1=C(C(=O)OCc2ccccc2Cl)N2C(=O)C(CC)C2C1. The fraction of sp³-hybridized carbons (Fsp3) is 0.476. The highest BCUT2D eigenvalue weighted by Gasteiger charge is 2.54. The number of carbonyl (C=O) groups is 3. The molecule has 2 aliphatic heterocycles. The number of amides is 1. The molecule has 1 saturated heterocycles. The van der Waals surface area contributed by atoms with Gasteiger partial charge in [0.15, 0.2) is 0 Å². The van der Waals surface area contributed by atoms with Crippen LogP contribution in [0.3, 0.4) is 0 Å². The second kappa shape index (κ2) is 9.67. The molecule has 0 radical (unpaired) electrons. The number of carbonyl (C=O) groups excluding carboxylic acids is 3. The molecule has 156 valence electrons. The van der Waals surface area contributed by atoms with Gasteiger partial charge >= 0.3 is 11.9 Å². The number of hydrogen-bond acceptors (Lipinski definition) is 6. The van der Waals surface area contributed by atoms with Crippen LogP contribution in [-0.2, 0) is 30.5 Å². The minimum Gasteiger partial charge on any atom is -0.465 e. The van der Waals surface area contributed by atoms with Gasteiger partial charge in [0.2, 0.25) is 5.91 Å². The van der Waals surface area contributed by atoms with Crippen molar-refractivity contribution in [3.63, 3.8) is 0 Å². The topological polar surface area (TPSA) is 72.9 Å². The molecule has 0 N–H and O–H groups in total. The highest BCUT2D eigenvalue weighted by Crippen LogP contribution is 2.47. The van der Waals surface area contributed by atoms with E-state index < -0.39 is 5.97 Å². The summed E-state index contributed by atoms with van der Waals surface area (Å²) >= 11 is 7.57. The molecule has 2 atom stereocenters. The van der Waals surface area contributed by atoms with E-state index >= 15 is 0 Å². The first-order valence-electron chi connectivity index (χ1n) is 9.73. The van der Waals surface area contributed by atoms with E-state index in [-0.39, 0.29) is 37.0 Å². The number of fused-ring (bicyclic) bond motifs is 1. The predicted octanol–water partition coefficient (Wildman–Crippen LogP) is 3.92. The van der Waals surface area contributed by atoms with Crippen molar-refractivity contribution in [1.29, 1.82) is 0 Å². The number of β-lactam (4-membered cyclic amide) rings is 1.